The van der Waals surface area contributed by atoms with Gasteiger partial charge in [0.25, 0.3) is 11.8 Å². The van der Waals surface area contributed by atoms with Gasteiger partial charge in [-0.1, -0.05) is 5.16 Å². The van der Waals surface area contributed by atoms with Gasteiger partial charge in [0.15, 0.2) is 10.8 Å². The Morgan fingerprint density at radius 2 is 2.03 bits per heavy atom. The van der Waals surface area contributed by atoms with Crippen molar-refractivity contribution < 1.29 is 42.1 Å². The summed E-state index contributed by atoms with van der Waals surface area (Å²) in [7, 11) is -5.00. The predicted molar refractivity (Wildman–Crippen MR) is 119 cm³/mol. The van der Waals surface area contributed by atoms with Crippen LogP contribution in [0.2, 0.25) is 0 Å². The summed E-state index contributed by atoms with van der Waals surface area (Å²) in [5, 5.41) is 16.5. The molecule has 0 bridgehead atoms. The normalized spacial score (nSPS) is 23.3. The SMILES string of the molecule is CC(C)(O/N=C(\C(=O)NC1C(=O)N(S(=O)(=O)O)[C@H]1CN1CCC(N)C1=O)c1csc(N)n1)C(=O)O. The van der Waals surface area contributed by atoms with E-state index in [1.165, 1.54) is 24.1 Å². The van der Waals surface area contributed by atoms with Gasteiger partial charge in [-0.05, 0) is 20.3 Å². The number of rotatable bonds is 9. The van der Waals surface area contributed by atoms with Crippen LogP contribution in [0.5, 0.6) is 0 Å². The summed E-state index contributed by atoms with van der Waals surface area (Å²) in [4.78, 5) is 59.1. The molecular formula is C17H23N7O9S2. The molecule has 192 valence electrons. The minimum Gasteiger partial charge on any atom is -0.478 e. The molecule has 0 spiro atoms. The number of nitrogen functional groups attached to an aromatic ring is 1. The minimum absolute atomic E-state index is 0.0528. The number of nitrogens with one attached hydrogen (secondary N) is 1. The Balaban J connectivity index is 1.87. The van der Waals surface area contributed by atoms with Crippen LogP contribution >= 0.6 is 11.3 Å². The highest BCUT2D eigenvalue weighted by molar-refractivity contribution is 7.84. The number of aliphatic carboxylic acids is 1. The number of carbonyl (C=O) groups is 4. The van der Waals surface area contributed by atoms with Gasteiger partial charge < -0.3 is 31.6 Å². The zero-order valence-electron chi connectivity index (χ0n) is 18.4. The third kappa shape index (κ3) is 5.34. The molecule has 3 rings (SSSR count). The van der Waals surface area contributed by atoms with E-state index in [1.807, 2.05) is 0 Å². The zero-order valence-corrected chi connectivity index (χ0v) is 20.1. The van der Waals surface area contributed by atoms with E-state index in [4.69, 9.17) is 16.3 Å². The van der Waals surface area contributed by atoms with Gasteiger partial charge in [0.05, 0.1) is 12.1 Å². The van der Waals surface area contributed by atoms with E-state index < -0.39 is 63.4 Å². The van der Waals surface area contributed by atoms with E-state index >= 15 is 0 Å². The van der Waals surface area contributed by atoms with Crippen LogP contribution in [0.4, 0.5) is 5.13 Å². The largest absolute Gasteiger partial charge is 0.478 e. The number of amides is 3. The van der Waals surface area contributed by atoms with Crippen LogP contribution in [0.1, 0.15) is 26.0 Å². The Labute approximate surface area is 202 Å². The molecule has 2 aliphatic rings. The second kappa shape index (κ2) is 9.36. The number of hydrogen-bond acceptors (Lipinski definition) is 12. The average molecular weight is 534 g/mol. The molecule has 18 heteroatoms. The van der Waals surface area contributed by atoms with Crippen LogP contribution in [0.25, 0.3) is 0 Å². The number of carboxylic acids is 1. The van der Waals surface area contributed by atoms with Gasteiger partial charge in [-0.25, -0.2) is 14.1 Å². The number of hydrogen-bond donors (Lipinski definition) is 5. The number of anilines is 1. The van der Waals surface area contributed by atoms with Crippen LogP contribution in [0.3, 0.4) is 0 Å². The quantitative estimate of drug-likeness (QED) is 0.0946. The highest BCUT2D eigenvalue weighted by Gasteiger charge is 2.55. The van der Waals surface area contributed by atoms with Gasteiger partial charge in [0.2, 0.25) is 11.5 Å². The molecule has 0 saturated carbocycles. The fourth-order valence-electron chi connectivity index (χ4n) is 3.32. The molecule has 3 heterocycles. The standard InChI is InChI=1S/C17H23N7O9S2/c1-17(2,15(28)29)33-22-10(8-6-34-16(19)20-8)12(25)21-11-9(24(14(11)27)35(30,31)32)5-23-4-3-7(18)13(23)26/h6-7,9,11H,3-5,18H2,1-2H3,(H2,19,20)(H,21,25)(H,28,29)(H,30,31,32)/b22-10-/t7?,9-,11?/m0/s1. The number of aromatic nitrogens is 1. The van der Waals surface area contributed by atoms with E-state index in [2.05, 4.69) is 15.5 Å². The number of carboxylic acid groups (broad SMARTS) is 1. The molecule has 3 atom stereocenters. The molecule has 2 unspecified atom stereocenters. The Kier molecular flexibility index (Phi) is 7.02. The van der Waals surface area contributed by atoms with Crippen molar-refractivity contribution in [1.82, 2.24) is 19.5 Å². The van der Waals surface area contributed by atoms with E-state index in [1.54, 1.807) is 0 Å². The fourth-order valence-corrected chi connectivity index (χ4v) is 4.74. The summed E-state index contributed by atoms with van der Waals surface area (Å²) in [5.41, 5.74) is 8.79. The molecule has 35 heavy (non-hydrogen) atoms. The summed E-state index contributed by atoms with van der Waals surface area (Å²) < 4.78 is 33.0. The number of thiazole rings is 1. The van der Waals surface area contributed by atoms with Gasteiger partial charge in [0.1, 0.15) is 11.7 Å². The summed E-state index contributed by atoms with van der Waals surface area (Å²) in [6.07, 6.45) is 0.307. The maximum Gasteiger partial charge on any atom is 0.362 e. The molecule has 0 radical (unpaired) electrons. The number of β-lactam (4-membered cyclic amide) rings is 1. The van der Waals surface area contributed by atoms with Crippen molar-refractivity contribution >= 4 is 56.2 Å². The van der Waals surface area contributed by atoms with Gasteiger partial charge in [-0.15, -0.1) is 11.3 Å². The van der Waals surface area contributed by atoms with E-state index in [-0.39, 0.29) is 28.2 Å². The molecular weight excluding hydrogens is 510 g/mol. The molecule has 2 saturated heterocycles. The summed E-state index contributed by atoms with van der Waals surface area (Å²) in [6.45, 7) is 2.21. The summed E-state index contributed by atoms with van der Waals surface area (Å²) in [5.74, 6) is -4.09. The molecule has 2 fully saturated rings. The Hall–Kier alpha value is -3.35. The van der Waals surface area contributed by atoms with Gasteiger partial charge in [-0.3, -0.25) is 18.9 Å². The lowest BCUT2D eigenvalue weighted by Crippen LogP contribution is -2.74. The maximum absolute atomic E-state index is 13.0. The second-order valence-corrected chi connectivity index (χ2v) is 10.4. The molecule has 0 aliphatic carbocycles. The predicted octanol–water partition coefficient (Wildman–Crippen LogP) is -2.63. The zero-order chi connectivity index (χ0) is 26.3. The van der Waals surface area contributed by atoms with Crippen LogP contribution < -0.4 is 16.8 Å². The van der Waals surface area contributed by atoms with Crippen LogP contribution in [0.15, 0.2) is 10.5 Å². The Bertz CT molecular complexity index is 1200. The Morgan fingerprint density at radius 1 is 1.37 bits per heavy atom. The Morgan fingerprint density at radius 3 is 2.51 bits per heavy atom. The maximum atomic E-state index is 13.0. The summed E-state index contributed by atoms with van der Waals surface area (Å²) in [6, 6.07) is -3.61. The van der Waals surface area contributed by atoms with E-state index in [9.17, 15) is 37.3 Å². The van der Waals surface area contributed by atoms with Crippen LogP contribution in [-0.4, -0.2) is 98.5 Å². The lowest BCUT2D eigenvalue weighted by Gasteiger charge is -2.45. The molecule has 16 nitrogen and oxygen atoms in total. The van der Waals surface area contributed by atoms with Crippen molar-refractivity contribution in [1.29, 1.82) is 0 Å². The van der Waals surface area contributed by atoms with Gasteiger partial charge in [-0.2, -0.15) is 8.42 Å². The first-order valence-corrected chi connectivity index (χ1v) is 12.3. The van der Waals surface area contributed by atoms with Crippen LogP contribution in [-0.2, 0) is 34.3 Å². The van der Waals surface area contributed by atoms with Crippen molar-refractivity contribution in [3.05, 3.63) is 11.1 Å². The third-order valence-electron chi connectivity index (χ3n) is 5.31. The first-order valence-electron chi connectivity index (χ1n) is 10.0. The summed E-state index contributed by atoms with van der Waals surface area (Å²) >= 11 is 0.945. The number of carbonyl (C=O) groups excluding carboxylic acids is 3. The number of oxime groups is 1. The molecule has 2 aliphatic heterocycles. The molecule has 3 amide bonds. The molecule has 1 aromatic rings. The van der Waals surface area contributed by atoms with Crippen molar-refractivity contribution in [2.75, 3.05) is 18.8 Å². The first-order chi connectivity index (χ1) is 16.1. The average Bonchev–Trinajstić information content (AvgIpc) is 3.30. The fraction of sp³-hybridized carbons (Fsp3) is 0.529. The number of likely N-dealkylation sites (tertiary alicyclic amines) is 1. The number of nitrogens with two attached hydrogens (primary N) is 2. The van der Waals surface area contributed by atoms with Crippen molar-refractivity contribution in [2.24, 2.45) is 10.9 Å². The van der Waals surface area contributed by atoms with Crippen molar-refractivity contribution in [3.8, 4) is 0 Å². The smallest absolute Gasteiger partial charge is 0.362 e. The van der Waals surface area contributed by atoms with Crippen molar-refractivity contribution in [3.63, 3.8) is 0 Å². The van der Waals surface area contributed by atoms with Gasteiger partial charge >= 0.3 is 16.3 Å². The molecule has 1 aromatic heterocycles. The van der Waals surface area contributed by atoms with Gasteiger partial charge in [0, 0.05) is 18.5 Å². The third-order valence-corrected chi connectivity index (χ3v) is 6.93. The first kappa shape index (κ1) is 26.3. The molecule has 0 aromatic carbocycles. The highest BCUT2D eigenvalue weighted by Crippen LogP contribution is 2.26. The topological polar surface area (TPSA) is 248 Å². The van der Waals surface area contributed by atoms with E-state index in [0.717, 1.165) is 11.3 Å². The lowest BCUT2D eigenvalue weighted by molar-refractivity contribution is -0.161. The molecule has 7 N–H and O–H groups in total. The second-order valence-electron chi connectivity index (χ2n) is 8.23. The van der Waals surface area contributed by atoms with Crippen LogP contribution in [0, 0.1) is 0 Å². The van der Waals surface area contributed by atoms with Crippen molar-refractivity contribution in [2.45, 2.75) is 44.0 Å². The lowest BCUT2D eigenvalue weighted by atomic mass is 9.97. The number of nitrogens with zero attached hydrogens (tertiary/aromatic N) is 4. The monoisotopic (exact) mass is 533 g/mol. The van der Waals surface area contributed by atoms with E-state index in [0.29, 0.717) is 6.42 Å². The highest BCUT2D eigenvalue weighted by atomic mass is 32.2. The minimum atomic E-state index is -5.00.